The van der Waals surface area contributed by atoms with E-state index < -0.39 is 0 Å². The van der Waals surface area contributed by atoms with Crippen LogP contribution in [-0.4, -0.2) is 16.2 Å². The summed E-state index contributed by atoms with van der Waals surface area (Å²) in [6.07, 6.45) is 6.74. The molecule has 0 N–H and O–H groups in total. The first-order valence-electron chi connectivity index (χ1n) is 8.17. The summed E-state index contributed by atoms with van der Waals surface area (Å²) >= 11 is 0. The van der Waals surface area contributed by atoms with Gasteiger partial charge in [-0.3, -0.25) is 9.98 Å². The van der Waals surface area contributed by atoms with Crippen molar-refractivity contribution in [1.82, 2.24) is 4.98 Å². The van der Waals surface area contributed by atoms with Crippen LogP contribution < -0.4 is 0 Å². The molecule has 2 heteroatoms. The maximum Gasteiger partial charge on any atom is 0.0708 e. The number of hydrogen-bond acceptors (Lipinski definition) is 2. The number of rotatable bonds is 1. The van der Waals surface area contributed by atoms with E-state index >= 15 is 0 Å². The molecule has 2 atom stereocenters. The first kappa shape index (κ1) is 13.7. The van der Waals surface area contributed by atoms with Gasteiger partial charge < -0.3 is 0 Å². The number of hydrogen-bond donors (Lipinski definition) is 0. The molecule has 112 valence electrons. The highest BCUT2D eigenvalue weighted by atomic mass is 14.9. The standard InChI is InChI=1S/C20H22N2/c1-13-8-9-14-12-17(13)19(22-20(14,2)3)16-10-11-21-18-7-5-4-6-15(16)18/h4-8,10-11,14,17H,9,12H2,1-3H3. The zero-order chi connectivity index (χ0) is 15.3. The van der Waals surface area contributed by atoms with Gasteiger partial charge in [0.05, 0.1) is 16.8 Å². The number of fused-ring (bicyclic) bond motifs is 3. The second-order valence-corrected chi connectivity index (χ2v) is 7.20. The molecule has 2 heterocycles. The molecule has 0 radical (unpaired) electrons. The minimum Gasteiger partial charge on any atom is -0.282 e. The average molecular weight is 290 g/mol. The molecule has 1 aliphatic carbocycles. The molecule has 0 saturated heterocycles. The topological polar surface area (TPSA) is 25.2 Å². The molecule has 0 spiro atoms. The monoisotopic (exact) mass is 290 g/mol. The fourth-order valence-corrected chi connectivity index (χ4v) is 3.99. The SMILES string of the molecule is CC1=CCC2CC1C(c1ccnc3ccccc13)=NC2(C)C. The fourth-order valence-electron chi connectivity index (χ4n) is 3.99. The summed E-state index contributed by atoms with van der Waals surface area (Å²) in [5.74, 6) is 1.13. The number of benzene rings is 1. The molecular weight excluding hydrogens is 268 g/mol. The summed E-state index contributed by atoms with van der Waals surface area (Å²) in [7, 11) is 0. The summed E-state index contributed by atoms with van der Waals surface area (Å²) in [6.45, 7) is 6.83. The summed E-state index contributed by atoms with van der Waals surface area (Å²) in [6, 6.07) is 10.5. The van der Waals surface area contributed by atoms with Crippen LogP contribution in [0.3, 0.4) is 0 Å². The molecule has 2 nitrogen and oxygen atoms in total. The van der Waals surface area contributed by atoms with Crippen LogP contribution in [0.15, 0.2) is 53.2 Å². The maximum atomic E-state index is 5.22. The van der Waals surface area contributed by atoms with Crippen LogP contribution in [-0.2, 0) is 0 Å². The smallest absolute Gasteiger partial charge is 0.0708 e. The van der Waals surface area contributed by atoms with Crippen LogP contribution in [0, 0.1) is 11.8 Å². The number of pyridine rings is 1. The van der Waals surface area contributed by atoms with Gasteiger partial charge in [0.1, 0.15) is 0 Å². The van der Waals surface area contributed by atoms with Gasteiger partial charge in [-0.15, -0.1) is 0 Å². The zero-order valence-corrected chi connectivity index (χ0v) is 13.5. The highest BCUT2D eigenvalue weighted by molar-refractivity contribution is 6.12. The Kier molecular flexibility index (Phi) is 2.97. The predicted octanol–water partition coefficient (Wildman–Crippen LogP) is 4.79. The molecule has 0 fully saturated rings. The van der Waals surface area contributed by atoms with Crippen LogP contribution in [0.4, 0.5) is 0 Å². The van der Waals surface area contributed by atoms with E-state index in [9.17, 15) is 0 Å². The highest BCUT2D eigenvalue weighted by Gasteiger charge is 2.40. The largest absolute Gasteiger partial charge is 0.282 e. The van der Waals surface area contributed by atoms with E-state index in [1.54, 1.807) is 0 Å². The first-order valence-corrected chi connectivity index (χ1v) is 8.17. The van der Waals surface area contributed by atoms with E-state index in [4.69, 9.17) is 4.99 Å². The van der Waals surface area contributed by atoms with Gasteiger partial charge in [0.15, 0.2) is 0 Å². The number of aromatic nitrogens is 1. The third-order valence-electron chi connectivity index (χ3n) is 5.46. The van der Waals surface area contributed by atoms with E-state index in [2.05, 4.69) is 56.1 Å². The summed E-state index contributed by atoms with van der Waals surface area (Å²) in [5, 5.41) is 1.22. The normalized spacial score (nSPS) is 26.5. The average Bonchev–Trinajstić information content (AvgIpc) is 2.52. The van der Waals surface area contributed by atoms with Crippen LogP contribution in [0.25, 0.3) is 10.9 Å². The minimum atomic E-state index is 0.0212. The Morgan fingerprint density at radius 2 is 1.95 bits per heavy atom. The molecular formula is C20H22N2. The Labute approximate surface area is 132 Å². The molecule has 2 aliphatic rings. The van der Waals surface area contributed by atoms with Gasteiger partial charge in [-0.05, 0) is 51.7 Å². The molecule has 2 bridgehead atoms. The van der Waals surface area contributed by atoms with Crippen molar-refractivity contribution in [2.75, 3.05) is 0 Å². The Morgan fingerprint density at radius 3 is 2.82 bits per heavy atom. The molecule has 0 saturated carbocycles. The van der Waals surface area contributed by atoms with Gasteiger partial charge in [0.25, 0.3) is 0 Å². The summed E-state index contributed by atoms with van der Waals surface area (Å²) < 4.78 is 0. The van der Waals surface area contributed by atoms with Crippen molar-refractivity contribution in [2.24, 2.45) is 16.8 Å². The van der Waals surface area contributed by atoms with E-state index in [0.29, 0.717) is 11.8 Å². The minimum absolute atomic E-state index is 0.0212. The van der Waals surface area contributed by atoms with E-state index in [1.807, 2.05) is 12.3 Å². The molecule has 1 aromatic heterocycles. The van der Waals surface area contributed by atoms with Crippen molar-refractivity contribution in [3.63, 3.8) is 0 Å². The molecule has 1 aromatic carbocycles. The maximum absolute atomic E-state index is 5.22. The van der Waals surface area contributed by atoms with Gasteiger partial charge in [-0.2, -0.15) is 0 Å². The number of allylic oxidation sites excluding steroid dienone is 2. The molecule has 0 amide bonds. The highest BCUT2D eigenvalue weighted by Crippen LogP contribution is 2.44. The van der Waals surface area contributed by atoms with Crippen molar-refractivity contribution in [2.45, 2.75) is 39.2 Å². The first-order chi connectivity index (χ1) is 10.6. The van der Waals surface area contributed by atoms with Crippen LogP contribution in [0.5, 0.6) is 0 Å². The molecule has 4 rings (SSSR count). The molecule has 22 heavy (non-hydrogen) atoms. The Balaban J connectivity index is 1.95. The Morgan fingerprint density at radius 1 is 1.14 bits per heavy atom. The van der Waals surface area contributed by atoms with Gasteiger partial charge in [0, 0.05) is 23.1 Å². The van der Waals surface area contributed by atoms with E-state index in [0.717, 1.165) is 5.52 Å². The number of nitrogens with zero attached hydrogens (tertiary/aromatic N) is 2. The second-order valence-electron chi connectivity index (χ2n) is 7.20. The van der Waals surface area contributed by atoms with Gasteiger partial charge in [0.2, 0.25) is 0 Å². The summed E-state index contributed by atoms with van der Waals surface area (Å²) in [4.78, 5) is 9.72. The molecule has 2 aromatic rings. The van der Waals surface area contributed by atoms with Crippen molar-refractivity contribution >= 4 is 16.6 Å². The molecule has 1 aliphatic heterocycles. The number of para-hydroxylation sites is 1. The lowest BCUT2D eigenvalue weighted by Gasteiger charge is -2.43. The number of aliphatic imine (C=N–C) groups is 1. The van der Waals surface area contributed by atoms with Crippen molar-refractivity contribution in [1.29, 1.82) is 0 Å². The third-order valence-corrected chi connectivity index (χ3v) is 5.46. The van der Waals surface area contributed by atoms with Crippen molar-refractivity contribution < 1.29 is 0 Å². The van der Waals surface area contributed by atoms with Crippen LogP contribution in [0.1, 0.15) is 39.2 Å². The zero-order valence-electron chi connectivity index (χ0n) is 13.5. The van der Waals surface area contributed by atoms with Crippen molar-refractivity contribution in [3.05, 3.63) is 53.7 Å². The van der Waals surface area contributed by atoms with Gasteiger partial charge in [-0.1, -0.05) is 29.8 Å². The molecule has 2 unspecified atom stereocenters. The van der Waals surface area contributed by atoms with Gasteiger partial charge >= 0.3 is 0 Å². The third kappa shape index (κ3) is 2.01. The predicted molar refractivity (Wildman–Crippen MR) is 92.3 cm³/mol. The second kappa shape index (κ2) is 4.77. The Hall–Kier alpha value is -1.96. The lowest BCUT2D eigenvalue weighted by Crippen LogP contribution is -2.41. The fraction of sp³-hybridized carbons (Fsp3) is 0.400. The van der Waals surface area contributed by atoms with Gasteiger partial charge in [-0.25, -0.2) is 0 Å². The lowest BCUT2D eigenvalue weighted by atomic mass is 9.68. The van der Waals surface area contributed by atoms with Crippen molar-refractivity contribution in [3.8, 4) is 0 Å². The van der Waals surface area contributed by atoms with Crippen LogP contribution in [0.2, 0.25) is 0 Å². The lowest BCUT2D eigenvalue weighted by molar-refractivity contribution is 0.263. The van der Waals surface area contributed by atoms with E-state index in [1.165, 1.54) is 35.1 Å². The summed E-state index contributed by atoms with van der Waals surface area (Å²) in [5.41, 5.74) is 5.07. The van der Waals surface area contributed by atoms with Crippen LogP contribution >= 0.6 is 0 Å². The van der Waals surface area contributed by atoms with E-state index in [-0.39, 0.29) is 5.54 Å². The Bertz CT molecular complexity index is 793. The quantitative estimate of drug-likeness (QED) is 0.693.